The molecule has 3 aromatic rings. The molecule has 3 aromatic carbocycles. The van der Waals surface area contributed by atoms with Gasteiger partial charge in [-0.3, -0.25) is 4.21 Å². The molecule has 0 aliphatic carbocycles. The Morgan fingerprint density at radius 3 is 1.86 bits per heavy atom. The van der Waals surface area contributed by atoms with Gasteiger partial charge in [-0.15, -0.1) is 0 Å². The van der Waals surface area contributed by atoms with Crippen molar-refractivity contribution in [2.75, 3.05) is 0 Å². The standard InChI is InChI=1S/C26H24O7S2/c1-14-11-17(28)5-9-20(14)24-22-13-23(35(31,32)33-19-7-3-16(27)4-8-19)26(34(22)30)25(24)21-10-6-18(29)12-15(21)2/h3-12,22-23,26-29H,13H2,1-2H3/t22-,23-,26+,34?/m0/s1. The summed E-state index contributed by atoms with van der Waals surface area (Å²) in [5.74, 6) is 0.245. The van der Waals surface area contributed by atoms with Crippen molar-refractivity contribution in [3.8, 4) is 23.0 Å². The molecular formula is C26H24O7S2. The lowest BCUT2D eigenvalue weighted by molar-refractivity contribution is 0.462. The summed E-state index contributed by atoms with van der Waals surface area (Å²) < 4.78 is 45.8. The minimum Gasteiger partial charge on any atom is -0.508 e. The third kappa shape index (κ3) is 3.98. The average molecular weight is 513 g/mol. The first kappa shape index (κ1) is 23.4. The quantitative estimate of drug-likeness (QED) is 0.442. The van der Waals surface area contributed by atoms with Crippen LogP contribution in [0.5, 0.6) is 23.0 Å². The number of phenols is 3. The van der Waals surface area contributed by atoms with Crippen LogP contribution < -0.4 is 4.18 Å². The van der Waals surface area contributed by atoms with E-state index in [1.54, 1.807) is 30.3 Å². The van der Waals surface area contributed by atoms with E-state index in [1.165, 1.54) is 30.3 Å². The van der Waals surface area contributed by atoms with Gasteiger partial charge in [0.25, 0.3) is 0 Å². The minimum atomic E-state index is -4.17. The van der Waals surface area contributed by atoms with Crippen molar-refractivity contribution in [1.29, 1.82) is 0 Å². The zero-order chi connectivity index (χ0) is 25.1. The highest BCUT2D eigenvalue weighted by molar-refractivity contribution is 7.92. The van der Waals surface area contributed by atoms with Gasteiger partial charge in [-0.25, -0.2) is 0 Å². The summed E-state index contributed by atoms with van der Waals surface area (Å²) in [4.78, 5) is 0. The second-order valence-corrected chi connectivity index (χ2v) is 12.4. The van der Waals surface area contributed by atoms with Gasteiger partial charge >= 0.3 is 10.1 Å². The van der Waals surface area contributed by atoms with Gasteiger partial charge in [0.2, 0.25) is 0 Å². The second kappa shape index (κ2) is 8.42. The number of hydrogen-bond acceptors (Lipinski definition) is 7. The summed E-state index contributed by atoms with van der Waals surface area (Å²) in [7, 11) is -5.70. The SMILES string of the molecule is Cc1cc(O)ccc1C1=C(c2ccc(O)cc2C)[C@H]2[C@@H](S(=O)(=O)Oc3ccc(O)cc3)C[C@@H]1S2=O. The van der Waals surface area contributed by atoms with Crippen molar-refractivity contribution in [2.24, 2.45) is 0 Å². The number of phenolic OH excluding ortho intramolecular Hbond substituents is 3. The minimum absolute atomic E-state index is 0.0160. The molecule has 1 saturated heterocycles. The van der Waals surface area contributed by atoms with Crippen LogP contribution in [-0.2, 0) is 20.9 Å². The van der Waals surface area contributed by atoms with Gasteiger partial charge in [-0.2, -0.15) is 8.42 Å². The van der Waals surface area contributed by atoms with E-state index in [9.17, 15) is 27.9 Å². The predicted octanol–water partition coefficient (Wildman–Crippen LogP) is 4.01. The summed E-state index contributed by atoms with van der Waals surface area (Å²) in [6.45, 7) is 3.66. The molecule has 0 aromatic heterocycles. The maximum Gasteiger partial charge on any atom is 0.313 e. The monoisotopic (exact) mass is 512 g/mol. The van der Waals surface area contributed by atoms with Crippen LogP contribution in [0, 0.1) is 13.8 Å². The molecule has 0 radical (unpaired) electrons. The van der Waals surface area contributed by atoms with E-state index in [0.717, 1.165) is 27.8 Å². The van der Waals surface area contributed by atoms with Gasteiger partial charge in [-0.1, -0.05) is 12.1 Å². The van der Waals surface area contributed by atoms with Crippen molar-refractivity contribution in [3.63, 3.8) is 0 Å². The van der Waals surface area contributed by atoms with Crippen LogP contribution in [0.3, 0.4) is 0 Å². The van der Waals surface area contributed by atoms with E-state index < -0.39 is 36.7 Å². The lowest BCUT2D eigenvalue weighted by atomic mass is 9.81. The highest BCUT2D eigenvalue weighted by atomic mass is 32.2. The van der Waals surface area contributed by atoms with Crippen LogP contribution in [0.1, 0.15) is 28.7 Å². The third-order valence-electron chi connectivity index (χ3n) is 6.63. The lowest BCUT2D eigenvalue weighted by Gasteiger charge is -2.27. The maximum absolute atomic E-state index is 13.7. The number of aromatic hydroxyl groups is 3. The molecule has 182 valence electrons. The first-order valence-corrected chi connectivity index (χ1v) is 13.8. The highest BCUT2D eigenvalue weighted by Crippen LogP contribution is 2.54. The van der Waals surface area contributed by atoms with Gasteiger partial charge < -0.3 is 19.5 Å². The molecule has 0 amide bonds. The van der Waals surface area contributed by atoms with E-state index >= 15 is 0 Å². The zero-order valence-electron chi connectivity index (χ0n) is 19.0. The van der Waals surface area contributed by atoms with Crippen molar-refractivity contribution < 1.29 is 32.1 Å². The Morgan fingerprint density at radius 1 is 0.800 bits per heavy atom. The van der Waals surface area contributed by atoms with Crippen LogP contribution in [-0.4, -0.2) is 43.7 Å². The highest BCUT2D eigenvalue weighted by Gasteiger charge is 2.57. The lowest BCUT2D eigenvalue weighted by Crippen LogP contribution is -2.36. The largest absolute Gasteiger partial charge is 0.508 e. The Morgan fingerprint density at radius 2 is 1.31 bits per heavy atom. The van der Waals surface area contributed by atoms with Crippen LogP contribution in [0.25, 0.3) is 11.1 Å². The average Bonchev–Trinajstić information content (AvgIpc) is 3.26. The number of hydrogen-bond donors (Lipinski definition) is 3. The number of benzene rings is 3. The summed E-state index contributed by atoms with van der Waals surface area (Å²) in [5, 5.41) is 27.0. The van der Waals surface area contributed by atoms with E-state index in [1.807, 2.05) is 13.8 Å². The number of fused-ring (bicyclic) bond motifs is 2. The van der Waals surface area contributed by atoms with Crippen LogP contribution in [0.4, 0.5) is 0 Å². The van der Waals surface area contributed by atoms with Gasteiger partial charge in [0.1, 0.15) is 28.2 Å². The molecule has 4 atom stereocenters. The molecule has 1 fully saturated rings. The van der Waals surface area contributed by atoms with Crippen LogP contribution >= 0.6 is 0 Å². The second-order valence-electron chi connectivity index (χ2n) is 8.91. The van der Waals surface area contributed by atoms with E-state index in [4.69, 9.17) is 4.18 Å². The summed E-state index contributed by atoms with van der Waals surface area (Å²) in [6, 6.07) is 15.2. The van der Waals surface area contributed by atoms with Crippen molar-refractivity contribution in [1.82, 2.24) is 0 Å². The van der Waals surface area contributed by atoms with Crippen molar-refractivity contribution in [2.45, 2.75) is 36.0 Å². The summed E-state index contributed by atoms with van der Waals surface area (Å²) in [5.41, 5.74) is 4.51. The molecule has 0 saturated carbocycles. The number of aryl methyl sites for hydroxylation is 2. The van der Waals surface area contributed by atoms with Crippen molar-refractivity contribution in [3.05, 3.63) is 82.9 Å². The van der Waals surface area contributed by atoms with E-state index in [0.29, 0.717) is 5.57 Å². The molecule has 1 unspecified atom stereocenters. The Hall–Kier alpha value is -3.30. The molecule has 2 bridgehead atoms. The number of rotatable bonds is 5. The molecule has 3 N–H and O–H groups in total. The fourth-order valence-corrected chi connectivity index (χ4v) is 9.46. The first-order chi connectivity index (χ1) is 16.6. The molecule has 0 spiro atoms. The molecule has 2 heterocycles. The third-order valence-corrected chi connectivity index (χ3v) is 10.5. The van der Waals surface area contributed by atoms with Crippen molar-refractivity contribution >= 4 is 32.1 Å². The maximum atomic E-state index is 13.7. The van der Waals surface area contributed by atoms with Gasteiger partial charge in [0.05, 0.1) is 10.5 Å². The first-order valence-electron chi connectivity index (χ1n) is 11.0. The topological polar surface area (TPSA) is 121 Å². The smallest absolute Gasteiger partial charge is 0.313 e. The summed E-state index contributed by atoms with van der Waals surface area (Å²) in [6.07, 6.45) is 0.133. The molecular weight excluding hydrogens is 488 g/mol. The molecule has 35 heavy (non-hydrogen) atoms. The Balaban J connectivity index is 1.66. The van der Waals surface area contributed by atoms with Crippen LogP contribution in [0.2, 0.25) is 0 Å². The molecule has 2 aliphatic rings. The van der Waals surface area contributed by atoms with Crippen LogP contribution in [0.15, 0.2) is 60.7 Å². The molecule has 5 rings (SSSR count). The zero-order valence-corrected chi connectivity index (χ0v) is 20.6. The normalized spacial score (nSPS) is 23.6. The fraction of sp³-hybridized carbons (Fsp3) is 0.231. The Kier molecular flexibility index (Phi) is 5.64. The van der Waals surface area contributed by atoms with Gasteiger partial charge in [-0.05, 0) is 102 Å². The summed E-state index contributed by atoms with van der Waals surface area (Å²) >= 11 is 0. The fourth-order valence-electron chi connectivity index (χ4n) is 5.10. The van der Waals surface area contributed by atoms with Gasteiger partial charge in [0.15, 0.2) is 0 Å². The Labute approximate surface area is 205 Å². The Bertz CT molecular complexity index is 1490. The van der Waals surface area contributed by atoms with E-state index in [2.05, 4.69) is 0 Å². The molecule has 7 nitrogen and oxygen atoms in total. The predicted molar refractivity (Wildman–Crippen MR) is 134 cm³/mol. The molecule has 2 aliphatic heterocycles. The molecule has 9 heteroatoms. The van der Waals surface area contributed by atoms with Gasteiger partial charge in [0, 0.05) is 10.8 Å². The van der Waals surface area contributed by atoms with E-state index in [-0.39, 0.29) is 29.4 Å².